The van der Waals surface area contributed by atoms with Crippen molar-refractivity contribution in [2.24, 2.45) is 0 Å². The highest BCUT2D eigenvalue weighted by Gasteiger charge is 2.21. The maximum absolute atomic E-state index is 6.39. The Labute approximate surface area is 765 Å². The van der Waals surface area contributed by atoms with E-state index in [0.29, 0.717) is 0 Å². The molecule has 27 aromatic rings. The van der Waals surface area contributed by atoms with E-state index in [4.69, 9.17) is 23.2 Å². The Hall–Kier alpha value is -15.0. The summed E-state index contributed by atoms with van der Waals surface area (Å²) >= 11 is 10.9. The summed E-state index contributed by atoms with van der Waals surface area (Å²) < 4.78 is 29.3. The summed E-state index contributed by atoms with van der Waals surface area (Å²) in [4.78, 5) is 12.7. The van der Waals surface area contributed by atoms with E-state index in [1.54, 1.807) is 22.7 Å². The Balaban J connectivity index is 0.000000105. The quantitative estimate of drug-likeness (QED) is 0.122. The first-order valence-electron chi connectivity index (χ1n) is 42.9. The maximum atomic E-state index is 6.39. The molecular weight excluding hydrogens is 1690 g/mol. The molecule has 9 heterocycles. The number of furan rings is 3. The van der Waals surface area contributed by atoms with Crippen LogP contribution in [0.5, 0.6) is 0 Å². The number of thiophene rings is 4. The van der Waals surface area contributed by atoms with Crippen LogP contribution in [0.4, 0.5) is 0 Å². The molecule has 0 unspecified atom stereocenters. The molecule has 0 aliphatic heterocycles. The van der Waals surface area contributed by atoms with Crippen molar-refractivity contribution >= 4 is 193 Å². The van der Waals surface area contributed by atoms with Gasteiger partial charge >= 0.3 is 0 Å². The van der Waals surface area contributed by atoms with Gasteiger partial charge in [-0.05, 0) is 186 Å². The molecule has 0 atom stereocenters. The van der Waals surface area contributed by atoms with Gasteiger partial charge in [0, 0.05) is 103 Å². The number of rotatable bonds is 12. The van der Waals surface area contributed by atoms with Crippen LogP contribution in [0.15, 0.2) is 438 Å². The number of hydrogen-bond acceptors (Lipinski definition) is 11. The third kappa shape index (κ3) is 14.6. The van der Waals surface area contributed by atoms with Crippen molar-refractivity contribution in [2.75, 3.05) is 0 Å². The molecule has 9 aromatic heterocycles. The number of benzene rings is 18. The molecule has 27 rings (SSSR count). The minimum Gasteiger partial charge on any atom is -0.456 e. The Morgan fingerprint density at radius 1 is 0.155 bits per heavy atom. The maximum Gasteiger partial charge on any atom is 0.136 e. The molecule has 0 N–H and O–H groups in total. The normalized spacial score (nSPS) is 11.7. The van der Waals surface area contributed by atoms with Gasteiger partial charge in [-0.2, -0.15) is 0 Å². The summed E-state index contributed by atoms with van der Waals surface area (Å²) in [6, 6.07) is 151. The van der Waals surface area contributed by atoms with Crippen LogP contribution in [0.25, 0.3) is 256 Å². The third-order valence-electron chi connectivity index (χ3n) is 24.6. The van der Waals surface area contributed by atoms with Gasteiger partial charge in [0.15, 0.2) is 0 Å². The fraction of sp³-hybridized carbons (Fsp3) is 0. The lowest BCUT2D eigenvalue weighted by atomic mass is 10.0. The topological polar surface area (TPSA) is 65.2 Å². The van der Waals surface area contributed by atoms with Gasteiger partial charge in [-0.3, -0.25) is 0 Å². The predicted octanol–water partition coefficient (Wildman–Crippen LogP) is 36.8. The summed E-state index contributed by atoms with van der Waals surface area (Å²) in [5.41, 5.74) is 27.3. The van der Waals surface area contributed by atoms with Crippen molar-refractivity contribution in [2.45, 2.75) is 0 Å². The first-order chi connectivity index (χ1) is 63.7. The minimum absolute atomic E-state index is 0.857. The zero-order chi connectivity index (χ0) is 85.0. The van der Waals surface area contributed by atoms with Crippen LogP contribution in [-0.2, 0) is 0 Å². The van der Waals surface area contributed by atoms with Gasteiger partial charge in [-0.25, -0.2) is 9.97 Å². The molecule has 0 spiro atoms. The van der Waals surface area contributed by atoms with Gasteiger partial charge in [-0.1, -0.05) is 328 Å². The number of thiazole rings is 2. The largest absolute Gasteiger partial charge is 0.456 e. The van der Waals surface area contributed by atoms with Crippen molar-refractivity contribution in [1.29, 1.82) is 0 Å². The average molecular weight is 1760 g/mol. The van der Waals surface area contributed by atoms with Gasteiger partial charge in [0.1, 0.15) is 43.9 Å². The van der Waals surface area contributed by atoms with Crippen LogP contribution in [0.1, 0.15) is 0 Å². The van der Waals surface area contributed by atoms with E-state index in [-0.39, 0.29) is 0 Å². The molecule has 0 aliphatic rings. The van der Waals surface area contributed by atoms with E-state index in [9.17, 15) is 0 Å². The Bertz CT molecular complexity index is 7550. The fourth-order valence-corrected chi connectivity index (χ4v) is 24.5. The molecule has 0 fully saturated rings. The summed E-state index contributed by atoms with van der Waals surface area (Å²) in [6.45, 7) is 0. The van der Waals surface area contributed by atoms with Crippen molar-refractivity contribution in [3.8, 4) is 131 Å². The zero-order valence-electron chi connectivity index (χ0n) is 69.0. The smallest absolute Gasteiger partial charge is 0.136 e. The van der Waals surface area contributed by atoms with Gasteiger partial charge in [0.05, 0.1) is 20.4 Å². The lowest BCUT2D eigenvalue weighted by Crippen LogP contribution is -1.79. The molecule has 606 valence electrons. The van der Waals surface area contributed by atoms with E-state index in [0.717, 1.165) is 98.7 Å². The summed E-state index contributed by atoms with van der Waals surface area (Å²) in [5, 5.41) is 14.1. The monoisotopic (exact) mass is 1750 g/mol. The molecule has 0 aliphatic carbocycles. The van der Waals surface area contributed by atoms with Crippen molar-refractivity contribution < 1.29 is 13.3 Å². The van der Waals surface area contributed by atoms with Crippen LogP contribution >= 0.6 is 68.0 Å². The zero-order valence-corrected chi connectivity index (χ0v) is 73.9. The highest BCUT2D eigenvalue weighted by atomic mass is 32.1. The fourth-order valence-electron chi connectivity index (χ4n) is 17.8. The molecule has 5 nitrogen and oxygen atoms in total. The lowest BCUT2D eigenvalue weighted by Gasteiger charge is -2.03. The van der Waals surface area contributed by atoms with Gasteiger partial charge in [-0.15, -0.1) is 68.0 Å². The Kier molecular flexibility index (Phi) is 19.0. The Morgan fingerprint density at radius 3 is 0.822 bits per heavy atom. The second-order valence-corrected chi connectivity index (χ2v) is 39.0. The van der Waals surface area contributed by atoms with E-state index >= 15 is 0 Å². The van der Waals surface area contributed by atoms with Crippen molar-refractivity contribution in [3.63, 3.8) is 0 Å². The molecule has 11 heteroatoms. The molecular formula is C118H70N2O3S6. The van der Waals surface area contributed by atoms with E-state index in [1.807, 2.05) is 57.5 Å². The lowest BCUT2D eigenvalue weighted by molar-refractivity contribution is 0.631. The van der Waals surface area contributed by atoms with Crippen molar-refractivity contribution in [3.05, 3.63) is 425 Å². The Morgan fingerprint density at radius 2 is 0.434 bits per heavy atom. The first-order valence-corrected chi connectivity index (χ1v) is 47.8. The molecule has 18 aromatic carbocycles. The molecule has 0 saturated carbocycles. The van der Waals surface area contributed by atoms with Crippen LogP contribution in [-0.4, -0.2) is 9.97 Å². The molecule has 129 heavy (non-hydrogen) atoms. The number of nitrogens with zero attached hydrogens (tertiary/aromatic N) is 2. The van der Waals surface area contributed by atoms with E-state index in [1.165, 1.54) is 158 Å². The van der Waals surface area contributed by atoms with E-state index < -0.39 is 0 Å². The predicted molar refractivity (Wildman–Crippen MR) is 554 cm³/mol. The van der Waals surface area contributed by atoms with Gasteiger partial charge in [0.25, 0.3) is 0 Å². The summed E-state index contributed by atoms with van der Waals surface area (Å²) in [7, 11) is 0. The second kappa shape index (κ2) is 32.1. The highest BCUT2D eigenvalue weighted by Crippen LogP contribution is 2.48. The molecule has 0 saturated heterocycles. The van der Waals surface area contributed by atoms with Crippen LogP contribution in [0.3, 0.4) is 0 Å². The number of aromatic nitrogens is 2. The second-order valence-electron chi connectivity index (χ2n) is 32.6. The first kappa shape index (κ1) is 76.4. The van der Waals surface area contributed by atoms with Crippen molar-refractivity contribution in [1.82, 2.24) is 9.97 Å². The standard InChI is InChI=1S/C40H24O2S.C40H24OS2.C38H22N2S3/c1-3-7-25(8-4-1)27-11-15-29(16-12-27)35-19-31-20-37-33(23-36(31)41-35)34-24-40-32(21-38(34)42-37)22-39(43-40)30-17-13-28(14-18-30)26-9-5-2-6-10-26;1-3-7-25(8-4-1)27-11-15-29(16-12-27)35-21-31-19-33-34-20-32-22-37(30-17-13-28(14-18-30)26-9-5-2-6-10-26)42-38(32)24-40(34)43-39(33)23-36(31)41-35;1-3-7-23(8-4-1)25-11-15-27(16-12-25)37-39-31-19-29-30-20-32-36(22-34(30)41-33(29)21-35(31)42-37)43-38(40-32)28-17-13-26(14-18-28)24-9-5-2-6-10-24/h2*1-24H;1-22H. The third-order valence-corrected chi connectivity index (χ3v) is 31.2. The number of fused-ring (bicyclic) bond motifs is 15. The van der Waals surface area contributed by atoms with Crippen LogP contribution in [0, 0.1) is 0 Å². The summed E-state index contributed by atoms with van der Waals surface area (Å²) in [6.07, 6.45) is 0. The average Bonchev–Trinajstić information content (AvgIpc) is 1.60. The highest BCUT2D eigenvalue weighted by molar-refractivity contribution is 7.28. The molecule has 0 bridgehead atoms. The number of hydrogen-bond donors (Lipinski definition) is 0. The van der Waals surface area contributed by atoms with Crippen LogP contribution in [0.2, 0.25) is 0 Å². The van der Waals surface area contributed by atoms with Gasteiger partial charge < -0.3 is 13.3 Å². The minimum atomic E-state index is 0.857. The SMILES string of the molecule is c1ccc(-c2ccc(-c3cc4cc5c(cc4o3)sc3cc4sc(-c6ccc(-c7ccccc7)cc6)cc4cc35)cc2)cc1.c1ccc(-c2ccc(-c3cc4cc5oc6cc7cc(-c8ccc(-c9ccccc9)cc8)sc7cc6c5cc4o3)cc2)cc1.c1ccc(-c2ccc(-c3nc4cc5c(cc4s3)sc3cc4sc(-c6ccc(-c7ccccc7)cc6)nc4cc35)cc2)cc1. The van der Waals surface area contributed by atoms with E-state index in [2.05, 4.69) is 413 Å². The molecule has 0 radical (unpaired) electrons. The summed E-state index contributed by atoms with van der Waals surface area (Å²) in [5.74, 6) is 1.76. The van der Waals surface area contributed by atoms with Gasteiger partial charge in [0.2, 0.25) is 0 Å². The van der Waals surface area contributed by atoms with Crippen LogP contribution < -0.4 is 0 Å². The molecule has 0 amide bonds.